The van der Waals surface area contributed by atoms with Crippen molar-refractivity contribution in [2.45, 2.75) is 51.9 Å². The predicted octanol–water partition coefficient (Wildman–Crippen LogP) is -0.398. The third kappa shape index (κ3) is 11.0. The summed E-state index contributed by atoms with van der Waals surface area (Å²) in [5, 5.41) is 26.9. The fourth-order valence-electron chi connectivity index (χ4n) is 2.73. The van der Waals surface area contributed by atoms with Gasteiger partial charge in [0, 0.05) is 0 Å². The van der Waals surface area contributed by atoms with Crippen molar-refractivity contribution in [3.63, 3.8) is 0 Å². The van der Waals surface area contributed by atoms with Gasteiger partial charge in [-0.3, -0.25) is 19.2 Å². The Morgan fingerprint density at radius 1 is 0.886 bits per heavy atom. The topological polar surface area (TPSA) is 200 Å². The average Bonchev–Trinajstić information content (AvgIpc) is 2.79. The number of alkyl carbamates (subject to hydrolysis) is 1. The van der Waals surface area contributed by atoms with Gasteiger partial charge in [-0.1, -0.05) is 44.2 Å². The third-order valence-electron chi connectivity index (χ3n) is 4.62. The van der Waals surface area contributed by atoms with Crippen molar-refractivity contribution in [2.24, 2.45) is 5.92 Å². The Bertz CT molecular complexity index is 921. The maximum atomic E-state index is 12.6. The Balaban J connectivity index is 2.56. The first-order valence-corrected chi connectivity index (χ1v) is 10.7. The van der Waals surface area contributed by atoms with Crippen LogP contribution in [0.3, 0.4) is 0 Å². The number of aliphatic carboxylic acids is 2. The highest BCUT2D eigenvalue weighted by Crippen LogP contribution is 2.04. The van der Waals surface area contributed by atoms with Gasteiger partial charge in [0.15, 0.2) is 0 Å². The van der Waals surface area contributed by atoms with Crippen molar-refractivity contribution in [3.8, 4) is 0 Å². The summed E-state index contributed by atoms with van der Waals surface area (Å²) in [6.07, 6.45) is -1.66. The van der Waals surface area contributed by atoms with Crippen LogP contribution in [0.15, 0.2) is 30.3 Å². The van der Waals surface area contributed by atoms with Crippen LogP contribution in [0.25, 0.3) is 0 Å². The van der Waals surface area contributed by atoms with Gasteiger partial charge in [0.1, 0.15) is 31.3 Å². The smallest absolute Gasteiger partial charge is 0.407 e. The van der Waals surface area contributed by atoms with Gasteiger partial charge in [-0.15, -0.1) is 0 Å². The van der Waals surface area contributed by atoms with Crippen LogP contribution in [0.2, 0.25) is 0 Å². The molecule has 192 valence electrons. The highest BCUT2D eigenvalue weighted by molar-refractivity contribution is 5.94. The molecule has 0 aliphatic rings. The number of ether oxygens (including phenoxy) is 1. The van der Waals surface area contributed by atoms with Gasteiger partial charge in [-0.25, -0.2) is 9.59 Å². The molecule has 0 aliphatic heterocycles. The molecule has 13 heteroatoms. The lowest BCUT2D eigenvalue weighted by atomic mass is 10.0. The van der Waals surface area contributed by atoms with Gasteiger partial charge < -0.3 is 36.2 Å². The summed E-state index contributed by atoms with van der Waals surface area (Å²) in [7, 11) is 0. The highest BCUT2D eigenvalue weighted by atomic mass is 16.5. The van der Waals surface area contributed by atoms with Crippen LogP contribution in [0.5, 0.6) is 0 Å². The Morgan fingerprint density at radius 3 is 2.06 bits per heavy atom. The van der Waals surface area contributed by atoms with Crippen LogP contribution in [0.4, 0.5) is 4.79 Å². The summed E-state index contributed by atoms with van der Waals surface area (Å²) in [4.78, 5) is 70.7. The average molecular weight is 495 g/mol. The monoisotopic (exact) mass is 494 g/mol. The van der Waals surface area contributed by atoms with Gasteiger partial charge >= 0.3 is 18.0 Å². The van der Waals surface area contributed by atoms with E-state index in [1.165, 1.54) is 6.92 Å². The lowest BCUT2D eigenvalue weighted by Gasteiger charge is -2.24. The number of amides is 4. The van der Waals surface area contributed by atoms with Crippen LogP contribution < -0.4 is 21.3 Å². The summed E-state index contributed by atoms with van der Waals surface area (Å²) >= 11 is 0. The molecule has 1 aromatic carbocycles. The highest BCUT2D eigenvalue weighted by Gasteiger charge is 2.29. The molecule has 3 atom stereocenters. The second-order valence-corrected chi connectivity index (χ2v) is 7.93. The molecule has 0 aliphatic carbocycles. The van der Waals surface area contributed by atoms with E-state index in [-0.39, 0.29) is 6.61 Å². The van der Waals surface area contributed by atoms with Gasteiger partial charge in [0.25, 0.3) is 0 Å². The van der Waals surface area contributed by atoms with Crippen molar-refractivity contribution in [1.82, 2.24) is 21.3 Å². The maximum absolute atomic E-state index is 12.6. The molecule has 0 aromatic heterocycles. The molecule has 13 nitrogen and oxygen atoms in total. The number of carboxylic acids is 2. The Kier molecular flexibility index (Phi) is 11.7. The van der Waals surface area contributed by atoms with Gasteiger partial charge in [-0.2, -0.15) is 0 Å². The molecular weight excluding hydrogens is 464 g/mol. The zero-order valence-electron chi connectivity index (χ0n) is 19.6. The number of nitrogens with one attached hydrogen (secondary N) is 4. The van der Waals surface area contributed by atoms with Crippen molar-refractivity contribution in [2.75, 3.05) is 6.54 Å². The minimum atomic E-state index is -1.67. The van der Waals surface area contributed by atoms with Gasteiger partial charge in [-0.05, 0) is 18.4 Å². The minimum Gasteiger partial charge on any atom is -0.481 e. The van der Waals surface area contributed by atoms with E-state index in [4.69, 9.17) is 14.9 Å². The van der Waals surface area contributed by atoms with E-state index >= 15 is 0 Å². The first-order chi connectivity index (χ1) is 16.4. The van der Waals surface area contributed by atoms with E-state index in [1.807, 2.05) is 11.4 Å². The van der Waals surface area contributed by atoms with Crippen LogP contribution in [-0.4, -0.2) is 70.6 Å². The molecule has 35 heavy (non-hydrogen) atoms. The molecule has 1 aromatic rings. The summed E-state index contributed by atoms with van der Waals surface area (Å²) in [6, 6.07) is 4.94. The van der Waals surface area contributed by atoms with E-state index < -0.39 is 72.8 Å². The predicted molar refractivity (Wildman–Crippen MR) is 121 cm³/mol. The van der Waals surface area contributed by atoms with Gasteiger partial charge in [0.05, 0.1) is 6.42 Å². The maximum Gasteiger partial charge on any atom is 0.407 e. The van der Waals surface area contributed by atoms with E-state index in [9.17, 15) is 28.8 Å². The fraction of sp³-hybridized carbons (Fsp3) is 0.455. The van der Waals surface area contributed by atoms with Gasteiger partial charge in [0.2, 0.25) is 17.7 Å². The Morgan fingerprint density at radius 2 is 1.51 bits per heavy atom. The largest absolute Gasteiger partial charge is 0.481 e. The number of carbonyl (C=O) groups excluding carboxylic acids is 4. The number of carbonyl (C=O) groups is 6. The molecule has 6 N–H and O–H groups in total. The van der Waals surface area contributed by atoms with Crippen LogP contribution >= 0.6 is 0 Å². The van der Waals surface area contributed by atoms with Crippen LogP contribution in [0, 0.1) is 5.92 Å². The normalized spacial score (nSPS) is 13.0. The summed E-state index contributed by atoms with van der Waals surface area (Å²) in [5.41, 5.74) is 0.763. The molecule has 0 radical (unpaired) electrons. The summed E-state index contributed by atoms with van der Waals surface area (Å²) in [5.74, 6) is -5.69. The number of hydrogen-bond acceptors (Lipinski definition) is 7. The lowest BCUT2D eigenvalue weighted by molar-refractivity contribution is -0.147. The first-order valence-electron chi connectivity index (χ1n) is 10.7. The second-order valence-electron chi connectivity index (χ2n) is 7.93. The van der Waals surface area contributed by atoms with E-state index in [0.717, 1.165) is 5.56 Å². The Hall–Kier alpha value is -4.16. The number of hydrogen-bond donors (Lipinski definition) is 6. The zero-order chi connectivity index (χ0) is 26.5. The van der Waals surface area contributed by atoms with E-state index in [1.54, 1.807) is 38.1 Å². The SMILES string of the molecule is CC(C)[C@H](NC(=O)CNC(=O)OCc1ccccc1)C(=O)N[C@@H](C)C(=O)N[C@@H](CC(=O)O)C(=O)O. The molecule has 1 rings (SSSR count). The molecule has 0 unspecified atom stereocenters. The molecule has 0 spiro atoms. The zero-order valence-corrected chi connectivity index (χ0v) is 19.6. The number of carboxylic acid groups (broad SMARTS) is 2. The molecule has 0 saturated carbocycles. The standard InChI is InChI=1S/C22H30N4O9/c1-12(2)18(20(31)24-13(3)19(30)25-15(21(32)33)9-17(28)29)26-16(27)10-23-22(34)35-11-14-7-5-4-6-8-14/h4-8,12-13,15,18H,9-11H2,1-3H3,(H,23,34)(H,24,31)(H,25,30)(H,26,27)(H,28,29)(H,32,33)/t13-,15-,18-/m0/s1. The van der Waals surface area contributed by atoms with Crippen molar-refractivity contribution in [3.05, 3.63) is 35.9 Å². The number of rotatable bonds is 13. The summed E-state index contributed by atoms with van der Waals surface area (Å²) in [6.45, 7) is 4.11. The van der Waals surface area contributed by atoms with Crippen molar-refractivity contribution in [1.29, 1.82) is 0 Å². The molecular formula is C22H30N4O9. The van der Waals surface area contributed by atoms with Crippen molar-refractivity contribution < 1.29 is 43.7 Å². The van der Waals surface area contributed by atoms with Crippen molar-refractivity contribution >= 4 is 35.8 Å². The second kappa shape index (κ2) is 14.2. The first kappa shape index (κ1) is 28.9. The minimum absolute atomic E-state index is 0.0144. The number of benzene rings is 1. The lowest BCUT2D eigenvalue weighted by Crippen LogP contribution is -2.57. The molecule has 0 saturated heterocycles. The Labute approximate surface area is 201 Å². The van der Waals surface area contributed by atoms with E-state index in [0.29, 0.717) is 0 Å². The molecule has 0 bridgehead atoms. The third-order valence-corrected chi connectivity index (χ3v) is 4.62. The van der Waals surface area contributed by atoms with Crippen LogP contribution in [0.1, 0.15) is 32.8 Å². The molecule has 0 fully saturated rings. The molecule has 4 amide bonds. The summed E-state index contributed by atoms with van der Waals surface area (Å²) < 4.78 is 5.00. The molecule has 0 heterocycles. The van der Waals surface area contributed by atoms with E-state index in [2.05, 4.69) is 16.0 Å². The fourth-order valence-corrected chi connectivity index (χ4v) is 2.73. The van der Waals surface area contributed by atoms with Crippen LogP contribution in [-0.2, 0) is 35.3 Å². The quantitative estimate of drug-likeness (QED) is 0.211.